The largest absolute Gasteiger partial charge is 0.307 e. The molecule has 0 radical (unpaired) electrons. The van der Waals surface area contributed by atoms with Gasteiger partial charge in [-0.15, -0.1) is 23.1 Å². The van der Waals surface area contributed by atoms with E-state index in [9.17, 15) is 0 Å². The fraction of sp³-hybridized carbons (Fsp3) is 0.733. The molecule has 0 spiro atoms. The highest BCUT2D eigenvalue weighted by Gasteiger charge is 2.30. The van der Waals surface area contributed by atoms with Gasteiger partial charge in [0.15, 0.2) is 0 Å². The first-order valence-electron chi connectivity index (χ1n) is 7.26. The third-order valence-electron chi connectivity index (χ3n) is 4.15. The Bertz CT molecular complexity index is 397. The van der Waals surface area contributed by atoms with Gasteiger partial charge in [-0.2, -0.15) is 0 Å². The molecule has 1 aliphatic heterocycles. The minimum Gasteiger partial charge on any atom is -0.307 e. The summed E-state index contributed by atoms with van der Waals surface area (Å²) < 4.78 is 1.55. The van der Waals surface area contributed by atoms with E-state index in [1.807, 2.05) is 11.3 Å². The van der Waals surface area contributed by atoms with Crippen LogP contribution in [0.4, 0.5) is 0 Å². The van der Waals surface area contributed by atoms with Crippen LogP contribution in [0.2, 0.25) is 0 Å². The van der Waals surface area contributed by atoms with E-state index in [-0.39, 0.29) is 0 Å². The first kappa shape index (κ1) is 13.0. The van der Waals surface area contributed by atoms with Gasteiger partial charge in [0.05, 0.1) is 4.21 Å². The van der Waals surface area contributed by atoms with Crippen LogP contribution in [0.25, 0.3) is 0 Å². The highest BCUT2D eigenvalue weighted by Crippen LogP contribution is 2.44. The standard InChI is InChI=1S/C15H23NS2/c1-3-12(9-11-4-5-11)16-14-8-10(2)18-15-13(14)6-7-17-15/h6-7,10-12,14,16H,3-5,8-9H2,1-2H3/t10-,12?,14?/m0/s1. The number of rotatable bonds is 5. The third-order valence-corrected chi connectivity index (χ3v) is 6.50. The second-order valence-electron chi connectivity index (χ2n) is 5.83. The average Bonchev–Trinajstić information content (AvgIpc) is 3.03. The van der Waals surface area contributed by atoms with Crippen LogP contribution in [0.1, 0.15) is 57.6 Å². The molecule has 18 heavy (non-hydrogen) atoms. The van der Waals surface area contributed by atoms with E-state index in [1.165, 1.54) is 32.1 Å². The molecule has 1 aromatic heterocycles. The van der Waals surface area contributed by atoms with E-state index in [0.717, 1.165) is 17.2 Å². The van der Waals surface area contributed by atoms with Gasteiger partial charge in [0.1, 0.15) is 0 Å². The van der Waals surface area contributed by atoms with Crippen molar-refractivity contribution in [2.75, 3.05) is 0 Å². The molecule has 100 valence electrons. The zero-order valence-electron chi connectivity index (χ0n) is 11.3. The van der Waals surface area contributed by atoms with E-state index in [1.54, 1.807) is 9.77 Å². The molecule has 3 rings (SSSR count). The van der Waals surface area contributed by atoms with Crippen molar-refractivity contribution in [1.29, 1.82) is 0 Å². The van der Waals surface area contributed by atoms with Crippen LogP contribution in [-0.4, -0.2) is 11.3 Å². The Morgan fingerprint density at radius 1 is 1.44 bits per heavy atom. The number of hydrogen-bond acceptors (Lipinski definition) is 3. The Morgan fingerprint density at radius 3 is 3.00 bits per heavy atom. The van der Waals surface area contributed by atoms with Gasteiger partial charge >= 0.3 is 0 Å². The topological polar surface area (TPSA) is 12.0 Å². The summed E-state index contributed by atoms with van der Waals surface area (Å²) >= 11 is 3.98. The molecule has 0 amide bonds. The summed E-state index contributed by atoms with van der Waals surface area (Å²) in [4.78, 5) is 0. The van der Waals surface area contributed by atoms with Gasteiger partial charge in [0.2, 0.25) is 0 Å². The van der Waals surface area contributed by atoms with Crippen molar-refractivity contribution in [2.45, 2.75) is 67.5 Å². The predicted octanol–water partition coefficient (Wildman–Crippen LogP) is 4.84. The molecule has 1 aliphatic carbocycles. The van der Waals surface area contributed by atoms with Crippen LogP contribution >= 0.6 is 23.1 Å². The lowest BCUT2D eigenvalue weighted by Gasteiger charge is -2.31. The van der Waals surface area contributed by atoms with Gasteiger partial charge in [0.25, 0.3) is 0 Å². The maximum Gasteiger partial charge on any atom is 0.0649 e. The quantitative estimate of drug-likeness (QED) is 0.828. The summed E-state index contributed by atoms with van der Waals surface area (Å²) in [6, 6.07) is 3.66. The van der Waals surface area contributed by atoms with Crippen LogP contribution in [-0.2, 0) is 0 Å². The fourth-order valence-corrected chi connectivity index (χ4v) is 5.47. The van der Waals surface area contributed by atoms with Crippen molar-refractivity contribution in [2.24, 2.45) is 5.92 Å². The maximum atomic E-state index is 3.94. The predicted molar refractivity (Wildman–Crippen MR) is 81.6 cm³/mol. The summed E-state index contributed by atoms with van der Waals surface area (Å²) in [5.74, 6) is 1.03. The Hall–Kier alpha value is 0.0100. The number of hydrogen-bond donors (Lipinski definition) is 1. The molecule has 1 nitrogen and oxygen atoms in total. The minimum absolute atomic E-state index is 0.603. The van der Waals surface area contributed by atoms with Gasteiger partial charge in [-0.1, -0.05) is 26.7 Å². The summed E-state index contributed by atoms with van der Waals surface area (Å²) in [6.45, 7) is 4.69. The van der Waals surface area contributed by atoms with Crippen LogP contribution < -0.4 is 5.32 Å². The molecule has 1 N–H and O–H groups in total. The van der Waals surface area contributed by atoms with E-state index in [2.05, 4.69) is 42.4 Å². The molecule has 0 bridgehead atoms. The van der Waals surface area contributed by atoms with Crippen molar-refractivity contribution in [3.05, 3.63) is 17.0 Å². The summed E-state index contributed by atoms with van der Waals surface area (Å²) in [5.41, 5.74) is 1.57. The smallest absolute Gasteiger partial charge is 0.0649 e. The van der Waals surface area contributed by atoms with Gasteiger partial charge in [-0.05, 0) is 42.2 Å². The molecular weight excluding hydrogens is 258 g/mol. The van der Waals surface area contributed by atoms with E-state index in [4.69, 9.17) is 0 Å². The Kier molecular flexibility index (Phi) is 4.02. The summed E-state index contributed by atoms with van der Waals surface area (Å²) in [6.07, 6.45) is 6.90. The molecular formula is C15H23NS2. The molecule has 1 saturated carbocycles. The van der Waals surface area contributed by atoms with Crippen molar-refractivity contribution < 1.29 is 0 Å². The van der Waals surface area contributed by atoms with Crippen molar-refractivity contribution in [1.82, 2.24) is 5.32 Å². The normalized spacial score (nSPS) is 29.0. The Labute approximate surface area is 119 Å². The molecule has 1 fully saturated rings. The average molecular weight is 281 g/mol. The lowest BCUT2D eigenvalue weighted by atomic mass is 10.0. The highest BCUT2D eigenvalue weighted by molar-refractivity contribution is 8.01. The molecule has 1 aromatic rings. The fourth-order valence-electron chi connectivity index (χ4n) is 2.90. The maximum absolute atomic E-state index is 3.94. The molecule has 0 saturated heterocycles. The first-order valence-corrected chi connectivity index (χ1v) is 9.02. The van der Waals surface area contributed by atoms with Crippen molar-refractivity contribution in [3.63, 3.8) is 0 Å². The molecule has 3 atom stereocenters. The SMILES string of the molecule is CCC(CC1CC1)NC1C[C@H](C)Sc2sccc21. The van der Waals surface area contributed by atoms with Gasteiger partial charge in [-0.25, -0.2) is 0 Å². The van der Waals surface area contributed by atoms with E-state index >= 15 is 0 Å². The number of thioether (sulfide) groups is 1. The van der Waals surface area contributed by atoms with Crippen LogP contribution in [0, 0.1) is 5.92 Å². The van der Waals surface area contributed by atoms with Crippen LogP contribution in [0.15, 0.2) is 15.7 Å². The molecule has 2 unspecified atom stereocenters. The van der Waals surface area contributed by atoms with E-state index in [0.29, 0.717) is 6.04 Å². The van der Waals surface area contributed by atoms with Crippen molar-refractivity contribution >= 4 is 23.1 Å². The van der Waals surface area contributed by atoms with Crippen molar-refractivity contribution in [3.8, 4) is 0 Å². The molecule has 0 aromatic carbocycles. The number of fused-ring (bicyclic) bond motifs is 1. The number of nitrogens with one attached hydrogen (secondary N) is 1. The summed E-state index contributed by atoms with van der Waals surface area (Å²) in [5, 5.41) is 6.96. The van der Waals surface area contributed by atoms with Gasteiger partial charge in [0, 0.05) is 17.3 Å². The minimum atomic E-state index is 0.603. The first-order chi connectivity index (χ1) is 8.76. The van der Waals surface area contributed by atoms with Gasteiger partial charge in [-0.3, -0.25) is 0 Å². The van der Waals surface area contributed by atoms with Gasteiger partial charge < -0.3 is 5.32 Å². The zero-order valence-corrected chi connectivity index (χ0v) is 12.9. The second kappa shape index (κ2) is 5.56. The van der Waals surface area contributed by atoms with Crippen LogP contribution in [0.3, 0.4) is 0 Å². The van der Waals surface area contributed by atoms with Crippen LogP contribution in [0.5, 0.6) is 0 Å². The monoisotopic (exact) mass is 281 g/mol. The third kappa shape index (κ3) is 2.94. The molecule has 2 aliphatic rings. The highest BCUT2D eigenvalue weighted by atomic mass is 32.2. The van der Waals surface area contributed by atoms with E-state index < -0.39 is 0 Å². The Balaban J connectivity index is 1.68. The second-order valence-corrected chi connectivity index (χ2v) is 8.45. The molecule has 2 heterocycles. The lowest BCUT2D eigenvalue weighted by molar-refractivity contribution is 0.372. The zero-order chi connectivity index (χ0) is 12.5. The lowest BCUT2D eigenvalue weighted by Crippen LogP contribution is -2.35. The Morgan fingerprint density at radius 2 is 2.28 bits per heavy atom. The molecule has 3 heteroatoms. The summed E-state index contributed by atoms with van der Waals surface area (Å²) in [7, 11) is 0. The number of thiophene rings is 1.